The van der Waals surface area contributed by atoms with Gasteiger partial charge in [0.2, 0.25) is 0 Å². The Morgan fingerprint density at radius 2 is 1.78 bits per heavy atom. The van der Waals surface area contributed by atoms with Gasteiger partial charge in [0.15, 0.2) is 4.77 Å². The summed E-state index contributed by atoms with van der Waals surface area (Å²) in [5, 5.41) is 0. The molecule has 18 heavy (non-hydrogen) atoms. The molecule has 0 radical (unpaired) electrons. The third kappa shape index (κ3) is 1.48. The van der Waals surface area contributed by atoms with E-state index in [0.29, 0.717) is 12.6 Å². The minimum Gasteiger partial charge on any atom is -0.337 e. The number of hydrogen-bond acceptors (Lipinski definition) is 2. The van der Waals surface area contributed by atoms with E-state index in [1.54, 1.807) is 0 Å². The van der Waals surface area contributed by atoms with Gasteiger partial charge in [0.25, 0.3) is 0 Å². The summed E-state index contributed by atoms with van der Waals surface area (Å²) in [7, 11) is 0. The van der Waals surface area contributed by atoms with E-state index in [1.807, 2.05) is 6.20 Å². The molecule has 4 aliphatic carbocycles. The van der Waals surface area contributed by atoms with Crippen LogP contribution in [0.3, 0.4) is 0 Å². The highest BCUT2D eigenvalue weighted by Gasteiger charge is 2.49. The van der Waals surface area contributed by atoms with Crippen LogP contribution in [0.1, 0.15) is 43.8 Å². The highest BCUT2D eigenvalue weighted by Crippen LogP contribution is 2.58. The number of hydrogen-bond donors (Lipinski definition) is 2. The van der Waals surface area contributed by atoms with E-state index in [4.69, 9.17) is 18.0 Å². The highest BCUT2D eigenvalue weighted by molar-refractivity contribution is 7.71. The molecule has 4 aliphatic rings. The highest BCUT2D eigenvalue weighted by atomic mass is 32.1. The Balaban J connectivity index is 1.76. The molecule has 4 saturated carbocycles. The van der Waals surface area contributed by atoms with Crippen LogP contribution < -0.4 is 5.73 Å². The molecule has 3 nitrogen and oxygen atoms in total. The monoisotopic (exact) mass is 263 g/mol. The van der Waals surface area contributed by atoms with E-state index in [2.05, 4.69) is 9.55 Å². The maximum absolute atomic E-state index is 5.87. The lowest BCUT2D eigenvalue weighted by molar-refractivity contribution is -0.0305. The Labute approximate surface area is 113 Å². The van der Waals surface area contributed by atoms with Crippen LogP contribution in [0.5, 0.6) is 0 Å². The molecule has 4 fully saturated rings. The Morgan fingerprint density at radius 3 is 2.33 bits per heavy atom. The van der Waals surface area contributed by atoms with Gasteiger partial charge in [-0.05, 0) is 68.0 Å². The molecule has 3 N–H and O–H groups in total. The number of nitrogens with zero attached hydrogens (tertiary/aromatic N) is 1. The number of nitrogens with two attached hydrogens (primary N) is 1. The quantitative estimate of drug-likeness (QED) is 0.806. The fourth-order valence-electron chi connectivity index (χ4n) is 5.22. The van der Waals surface area contributed by atoms with Crippen molar-refractivity contribution < 1.29 is 0 Å². The fourth-order valence-corrected chi connectivity index (χ4v) is 5.51. The zero-order valence-corrected chi connectivity index (χ0v) is 11.5. The summed E-state index contributed by atoms with van der Waals surface area (Å²) >= 11 is 5.49. The average molecular weight is 263 g/mol. The summed E-state index contributed by atoms with van der Waals surface area (Å²) in [5.41, 5.74) is 7.06. The van der Waals surface area contributed by atoms with Crippen LogP contribution in [0.25, 0.3) is 0 Å². The maximum atomic E-state index is 5.87. The van der Waals surface area contributed by atoms with Crippen LogP contribution in [0.15, 0.2) is 6.20 Å². The molecule has 0 atom stereocenters. The summed E-state index contributed by atoms with van der Waals surface area (Å²) in [6, 6.07) is 0.634. The minimum absolute atomic E-state index is 0.593. The van der Waals surface area contributed by atoms with Gasteiger partial charge in [0, 0.05) is 18.8 Å². The molecule has 0 aliphatic heterocycles. The van der Waals surface area contributed by atoms with Gasteiger partial charge in [-0.15, -0.1) is 0 Å². The van der Waals surface area contributed by atoms with Crippen LogP contribution >= 0.6 is 12.2 Å². The molecule has 0 spiro atoms. The molecule has 5 rings (SSSR count). The zero-order chi connectivity index (χ0) is 12.3. The lowest BCUT2D eigenvalue weighted by atomic mass is 9.54. The number of aromatic nitrogens is 2. The Hall–Kier alpha value is -0.610. The van der Waals surface area contributed by atoms with Gasteiger partial charge >= 0.3 is 0 Å². The summed E-state index contributed by atoms with van der Waals surface area (Å²) < 4.78 is 3.25. The van der Waals surface area contributed by atoms with Crippen molar-refractivity contribution in [3.05, 3.63) is 16.7 Å². The van der Waals surface area contributed by atoms with E-state index in [1.165, 1.54) is 37.8 Å². The van der Waals surface area contributed by atoms with E-state index < -0.39 is 0 Å². The molecule has 4 bridgehead atoms. The molecule has 0 amide bonds. The fraction of sp³-hybridized carbons (Fsp3) is 0.786. The van der Waals surface area contributed by atoms with Gasteiger partial charge < -0.3 is 15.3 Å². The van der Waals surface area contributed by atoms with E-state index in [-0.39, 0.29) is 0 Å². The van der Waals surface area contributed by atoms with Gasteiger partial charge in [0.05, 0.1) is 5.69 Å². The van der Waals surface area contributed by atoms with Gasteiger partial charge in [0.1, 0.15) is 0 Å². The van der Waals surface area contributed by atoms with Crippen LogP contribution in [0.2, 0.25) is 0 Å². The molecule has 98 valence electrons. The van der Waals surface area contributed by atoms with E-state index in [0.717, 1.165) is 28.4 Å². The summed E-state index contributed by atoms with van der Waals surface area (Å²) in [5.74, 6) is 3.74. The minimum atomic E-state index is 0.593. The van der Waals surface area contributed by atoms with E-state index in [9.17, 15) is 0 Å². The number of aromatic amines is 1. The van der Waals surface area contributed by atoms with Crippen LogP contribution in [-0.2, 0) is 6.54 Å². The first-order chi connectivity index (χ1) is 8.76. The van der Waals surface area contributed by atoms with Crippen molar-refractivity contribution in [3.8, 4) is 0 Å². The largest absolute Gasteiger partial charge is 0.337 e. The van der Waals surface area contributed by atoms with Crippen LogP contribution in [-0.4, -0.2) is 9.55 Å². The second-order valence-corrected chi connectivity index (χ2v) is 6.97. The van der Waals surface area contributed by atoms with Crippen molar-refractivity contribution in [1.29, 1.82) is 0 Å². The Morgan fingerprint density at radius 1 is 1.17 bits per heavy atom. The normalized spacial score (nSPS) is 41.5. The third-order valence-electron chi connectivity index (χ3n) is 5.57. The number of rotatable bonds is 2. The number of H-pyrrole nitrogens is 1. The summed E-state index contributed by atoms with van der Waals surface area (Å²) in [6.07, 6.45) is 9.21. The molecular weight excluding hydrogens is 242 g/mol. The SMILES string of the molecule is NCc1c[nH]c(=S)n1C1C2CC3CC(C2)CC1C3. The first-order valence-electron chi connectivity index (χ1n) is 7.25. The van der Waals surface area contributed by atoms with Crippen molar-refractivity contribution in [2.24, 2.45) is 29.4 Å². The predicted octanol–water partition coefficient (Wildman–Crippen LogP) is 3.00. The van der Waals surface area contributed by atoms with Gasteiger partial charge in [-0.2, -0.15) is 0 Å². The molecule has 4 heteroatoms. The second-order valence-electron chi connectivity index (χ2n) is 6.58. The molecule has 0 saturated heterocycles. The summed E-state index contributed by atoms with van der Waals surface area (Å²) in [4.78, 5) is 3.19. The van der Waals surface area contributed by atoms with Crippen LogP contribution in [0, 0.1) is 28.4 Å². The standard InChI is InChI=1S/C14H21N3S/c15-6-12-7-16-14(18)17(12)13-10-2-8-1-9(4-10)5-11(13)3-8/h7-11,13H,1-6,15H2,(H,16,18). The molecule has 1 heterocycles. The van der Waals surface area contributed by atoms with Crippen molar-refractivity contribution in [2.45, 2.75) is 44.7 Å². The molecule has 0 unspecified atom stereocenters. The average Bonchev–Trinajstić information content (AvgIpc) is 2.70. The summed E-state index contributed by atoms with van der Waals surface area (Å²) in [6.45, 7) is 0.593. The topological polar surface area (TPSA) is 46.7 Å². The molecule has 1 aromatic rings. The van der Waals surface area contributed by atoms with E-state index >= 15 is 0 Å². The van der Waals surface area contributed by atoms with Gasteiger partial charge in [-0.3, -0.25) is 0 Å². The van der Waals surface area contributed by atoms with Gasteiger partial charge in [-0.1, -0.05) is 0 Å². The first-order valence-corrected chi connectivity index (χ1v) is 7.66. The Kier molecular flexibility index (Phi) is 2.46. The van der Waals surface area contributed by atoms with Crippen molar-refractivity contribution in [2.75, 3.05) is 0 Å². The maximum Gasteiger partial charge on any atom is 0.177 e. The lowest BCUT2D eigenvalue weighted by Gasteiger charge is -2.54. The first kappa shape index (κ1) is 11.2. The van der Waals surface area contributed by atoms with Gasteiger partial charge in [-0.25, -0.2) is 0 Å². The Bertz CT molecular complexity index is 487. The van der Waals surface area contributed by atoms with Crippen LogP contribution in [0.4, 0.5) is 0 Å². The number of nitrogens with one attached hydrogen (secondary N) is 1. The second kappa shape index (κ2) is 3.94. The smallest absolute Gasteiger partial charge is 0.177 e. The van der Waals surface area contributed by atoms with Crippen molar-refractivity contribution in [3.63, 3.8) is 0 Å². The molecular formula is C14H21N3S. The van der Waals surface area contributed by atoms with Crippen molar-refractivity contribution >= 4 is 12.2 Å². The predicted molar refractivity (Wildman–Crippen MR) is 73.6 cm³/mol. The number of imidazole rings is 1. The molecule has 0 aromatic carbocycles. The molecule has 1 aromatic heterocycles. The third-order valence-corrected chi connectivity index (χ3v) is 5.89. The van der Waals surface area contributed by atoms with Crippen molar-refractivity contribution in [1.82, 2.24) is 9.55 Å². The zero-order valence-electron chi connectivity index (χ0n) is 10.6. The lowest BCUT2D eigenvalue weighted by Crippen LogP contribution is -2.46.